The maximum Gasteiger partial charge on any atom is 0.326 e. The third kappa shape index (κ3) is 4.22. The summed E-state index contributed by atoms with van der Waals surface area (Å²) in [5.41, 5.74) is -0.365. The number of nitrogens with zero attached hydrogens (tertiary/aromatic N) is 2. The number of carbonyl (C=O) groups is 2. The summed E-state index contributed by atoms with van der Waals surface area (Å²) < 4.78 is 0. The molecule has 1 saturated heterocycles. The lowest BCUT2D eigenvalue weighted by atomic mass is 9.89. The van der Waals surface area contributed by atoms with E-state index in [2.05, 4.69) is 13.5 Å². The molecule has 21 heavy (non-hydrogen) atoms. The lowest BCUT2D eigenvalue weighted by molar-refractivity contribution is -0.144. The van der Waals surface area contributed by atoms with E-state index in [0.29, 0.717) is 25.4 Å². The molecule has 0 aromatic carbocycles. The minimum absolute atomic E-state index is 0.204. The van der Waals surface area contributed by atoms with Crippen LogP contribution in [0, 0.1) is 5.92 Å². The Bertz CT molecular complexity index is 401. The first kappa shape index (κ1) is 17.5. The molecule has 120 valence electrons. The number of likely N-dealkylation sites (tertiary alicyclic amines) is 1. The number of amides is 2. The van der Waals surface area contributed by atoms with Gasteiger partial charge in [-0.15, -0.1) is 6.58 Å². The molecule has 0 aromatic rings. The van der Waals surface area contributed by atoms with Gasteiger partial charge in [0.25, 0.3) is 0 Å². The van der Waals surface area contributed by atoms with Gasteiger partial charge in [-0.05, 0) is 39.5 Å². The van der Waals surface area contributed by atoms with E-state index >= 15 is 0 Å². The normalized spacial score (nSPS) is 22.8. The second-order valence-corrected chi connectivity index (χ2v) is 6.70. The molecule has 0 spiro atoms. The van der Waals surface area contributed by atoms with Crippen molar-refractivity contribution in [1.29, 1.82) is 0 Å². The van der Waals surface area contributed by atoms with Crippen LogP contribution < -0.4 is 0 Å². The van der Waals surface area contributed by atoms with Crippen molar-refractivity contribution >= 4 is 12.0 Å². The molecule has 1 heterocycles. The Balaban J connectivity index is 2.96. The Morgan fingerprint density at radius 3 is 2.48 bits per heavy atom. The minimum atomic E-state index is -0.908. The van der Waals surface area contributed by atoms with Crippen LogP contribution in [0.1, 0.15) is 47.0 Å². The molecule has 1 aliphatic rings. The molecule has 1 rings (SSSR count). The standard InChI is InChI=1S/C16H28N2O3/c1-6-9-18(16(3,4)5)15(21)17-10-8-12(7-2)11-13(17)14(19)20/h6,12-13H,1,7-11H2,2-5H3,(H,19,20). The van der Waals surface area contributed by atoms with Crippen LogP contribution in [0.15, 0.2) is 12.7 Å². The summed E-state index contributed by atoms with van der Waals surface area (Å²) >= 11 is 0. The highest BCUT2D eigenvalue weighted by Crippen LogP contribution is 2.28. The van der Waals surface area contributed by atoms with Gasteiger partial charge in [-0.1, -0.05) is 19.4 Å². The highest BCUT2D eigenvalue weighted by atomic mass is 16.4. The zero-order valence-corrected chi connectivity index (χ0v) is 13.6. The van der Waals surface area contributed by atoms with Gasteiger partial charge in [-0.2, -0.15) is 0 Å². The van der Waals surface area contributed by atoms with Gasteiger partial charge in [-0.25, -0.2) is 9.59 Å². The molecular weight excluding hydrogens is 268 g/mol. The topological polar surface area (TPSA) is 60.9 Å². The monoisotopic (exact) mass is 296 g/mol. The minimum Gasteiger partial charge on any atom is -0.480 e. The number of hydrogen-bond acceptors (Lipinski definition) is 2. The van der Waals surface area contributed by atoms with Gasteiger partial charge in [0.2, 0.25) is 0 Å². The first-order valence-electron chi connectivity index (χ1n) is 7.64. The van der Waals surface area contributed by atoms with Gasteiger partial charge in [0, 0.05) is 18.6 Å². The molecule has 0 aromatic heterocycles. The van der Waals surface area contributed by atoms with Gasteiger partial charge in [-0.3, -0.25) is 0 Å². The van der Waals surface area contributed by atoms with E-state index < -0.39 is 12.0 Å². The van der Waals surface area contributed by atoms with Crippen LogP contribution in [0.5, 0.6) is 0 Å². The molecule has 0 radical (unpaired) electrons. The third-order valence-electron chi connectivity index (χ3n) is 4.17. The third-order valence-corrected chi connectivity index (χ3v) is 4.17. The number of urea groups is 1. The van der Waals surface area contributed by atoms with Gasteiger partial charge in [0.15, 0.2) is 0 Å². The summed E-state index contributed by atoms with van der Waals surface area (Å²) in [6, 6.07) is -0.921. The van der Waals surface area contributed by atoms with E-state index in [-0.39, 0.29) is 11.6 Å². The van der Waals surface area contributed by atoms with Gasteiger partial charge < -0.3 is 14.9 Å². The predicted molar refractivity (Wildman–Crippen MR) is 83.2 cm³/mol. The molecule has 2 atom stereocenters. The first-order chi connectivity index (χ1) is 9.72. The van der Waals surface area contributed by atoms with Crippen LogP contribution in [-0.2, 0) is 4.79 Å². The van der Waals surface area contributed by atoms with Crippen molar-refractivity contribution in [2.24, 2.45) is 5.92 Å². The van der Waals surface area contributed by atoms with Crippen molar-refractivity contribution in [2.45, 2.75) is 58.5 Å². The average molecular weight is 296 g/mol. The Hall–Kier alpha value is -1.52. The van der Waals surface area contributed by atoms with Crippen LogP contribution in [0.2, 0.25) is 0 Å². The van der Waals surface area contributed by atoms with Crippen LogP contribution in [0.25, 0.3) is 0 Å². The Morgan fingerprint density at radius 1 is 1.43 bits per heavy atom. The fourth-order valence-corrected chi connectivity index (χ4v) is 2.80. The number of piperidine rings is 1. The Kier molecular flexibility index (Phi) is 5.81. The molecule has 0 saturated carbocycles. The molecule has 0 aliphatic carbocycles. The average Bonchev–Trinajstić information content (AvgIpc) is 2.42. The fourth-order valence-electron chi connectivity index (χ4n) is 2.80. The van der Waals surface area contributed by atoms with Crippen molar-refractivity contribution in [3.63, 3.8) is 0 Å². The van der Waals surface area contributed by atoms with Gasteiger partial charge >= 0.3 is 12.0 Å². The van der Waals surface area contributed by atoms with Crippen molar-refractivity contribution < 1.29 is 14.7 Å². The summed E-state index contributed by atoms with van der Waals surface area (Å²) in [5.74, 6) is -0.522. The molecule has 5 heteroatoms. The molecule has 1 fully saturated rings. The smallest absolute Gasteiger partial charge is 0.326 e. The van der Waals surface area contributed by atoms with Crippen molar-refractivity contribution in [3.8, 4) is 0 Å². The van der Waals surface area contributed by atoms with Crippen molar-refractivity contribution in [2.75, 3.05) is 13.1 Å². The maximum atomic E-state index is 12.8. The molecule has 0 bridgehead atoms. The molecule has 2 amide bonds. The second-order valence-electron chi connectivity index (χ2n) is 6.70. The number of carbonyl (C=O) groups excluding carboxylic acids is 1. The summed E-state index contributed by atoms with van der Waals surface area (Å²) in [6.07, 6.45) is 4.06. The summed E-state index contributed by atoms with van der Waals surface area (Å²) in [6.45, 7) is 12.5. The number of carboxylic acid groups (broad SMARTS) is 1. The molecule has 1 aliphatic heterocycles. The number of carboxylic acids is 1. The summed E-state index contributed by atoms with van der Waals surface area (Å²) in [7, 11) is 0. The lowest BCUT2D eigenvalue weighted by Gasteiger charge is -2.43. The first-order valence-corrected chi connectivity index (χ1v) is 7.64. The van der Waals surface area contributed by atoms with E-state index in [0.717, 1.165) is 12.8 Å². The highest BCUT2D eigenvalue weighted by Gasteiger charge is 2.39. The zero-order valence-electron chi connectivity index (χ0n) is 13.6. The SMILES string of the molecule is C=CCN(C(=O)N1CCC(CC)CC1C(=O)O)C(C)(C)C. The molecule has 1 N–H and O–H groups in total. The molecule has 2 unspecified atom stereocenters. The van der Waals surface area contributed by atoms with Crippen LogP contribution in [0.3, 0.4) is 0 Å². The van der Waals surface area contributed by atoms with E-state index in [1.54, 1.807) is 11.0 Å². The Labute approximate surface area is 127 Å². The van der Waals surface area contributed by atoms with E-state index in [1.807, 2.05) is 20.8 Å². The number of hydrogen-bond donors (Lipinski definition) is 1. The van der Waals surface area contributed by atoms with Crippen molar-refractivity contribution in [1.82, 2.24) is 9.80 Å². The summed E-state index contributed by atoms with van der Waals surface area (Å²) in [5, 5.41) is 9.45. The summed E-state index contributed by atoms with van der Waals surface area (Å²) in [4.78, 5) is 27.5. The van der Waals surface area contributed by atoms with Gasteiger partial charge in [0.1, 0.15) is 6.04 Å². The Morgan fingerprint density at radius 2 is 2.05 bits per heavy atom. The lowest BCUT2D eigenvalue weighted by Crippen LogP contribution is -2.58. The van der Waals surface area contributed by atoms with Crippen LogP contribution >= 0.6 is 0 Å². The van der Waals surface area contributed by atoms with E-state index in [1.165, 1.54) is 4.90 Å². The van der Waals surface area contributed by atoms with Crippen LogP contribution in [0.4, 0.5) is 4.79 Å². The van der Waals surface area contributed by atoms with Gasteiger partial charge in [0.05, 0.1) is 0 Å². The van der Waals surface area contributed by atoms with Crippen molar-refractivity contribution in [3.05, 3.63) is 12.7 Å². The molecular formula is C16H28N2O3. The maximum absolute atomic E-state index is 12.8. The zero-order chi connectivity index (χ0) is 16.2. The molecule has 5 nitrogen and oxygen atoms in total. The number of aliphatic carboxylic acids is 1. The highest BCUT2D eigenvalue weighted by molar-refractivity contribution is 5.83. The quantitative estimate of drug-likeness (QED) is 0.811. The largest absolute Gasteiger partial charge is 0.480 e. The van der Waals surface area contributed by atoms with E-state index in [4.69, 9.17) is 0 Å². The number of rotatable bonds is 4. The van der Waals surface area contributed by atoms with E-state index in [9.17, 15) is 14.7 Å². The van der Waals surface area contributed by atoms with Crippen LogP contribution in [-0.4, -0.2) is 51.6 Å². The fraction of sp³-hybridized carbons (Fsp3) is 0.750. The second kappa shape index (κ2) is 6.96. The predicted octanol–water partition coefficient (Wildman–Crippen LogP) is 2.97.